The van der Waals surface area contributed by atoms with E-state index in [1.54, 1.807) is 19.2 Å². The maximum absolute atomic E-state index is 11.7. The standard InChI is InChI=1S/C12H15BrO2/c1-8(2)6-11(14)9-4-5-12(15-3)10(13)7-9/h4-5,7-8H,6H2,1-3H3. The Labute approximate surface area is 98.8 Å². The number of methoxy groups -OCH3 is 1. The van der Waals surface area contributed by atoms with Crippen molar-refractivity contribution >= 4 is 21.7 Å². The summed E-state index contributed by atoms with van der Waals surface area (Å²) in [6, 6.07) is 5.41. The number of carbonyl (C=O) groups excluding carboxylic acids is 1. The molecule has 3 heteroatoms. The quantitative estimate of drug-likeness (QED) is 0.781. The largest absolute Gasteiger partial charge is 0.496 e. The van der Waals surface area contributed by atoms with Gasteiger partial charge >= 0.3 is 0 Å². The highest BCUT2D eigenvalue weighted by Crippen LogP contribution is 2.26. The summed E-state index contributed by atoms with van der Waals surface area (Å²) in [6.45, 7) is 4.08. The van der Waals surface area contributed by atoms with Gasteiger partial charge in [0, 0.05) is 12.0 Å². The van der Waals surface area contributed by atoms with Gasteiger partial charge in [-0.05, 0) is 40.0 Å². The SMILES string of the molecule is COc1ccc(C(=O)CC(C)C)cc1Br. The van der Waals surface area contributed by atoms with E-state index in [4.69, 9.17) is 4.74 Å². The lowest BCUT2D eigenvalue weighted by Gasteiger charge is -2.07. The number of Topliss-reactive ketones (excluding diaryl/α,β-unsaturated/α-hetero) is 1. The van der Waals surface area contributed by atoms with Crippen molar-refractivity contribution in [2.45, 2.75) is 20.3 Å². The molecule has 1 aromatic carbocycles. The fraction of sp³-hybridized carbons (Fsp3) is 0.417. The first-order valence-corrected chi connectivity index (χ1v) is 5.70. The Hall–Kier alpha value is -0.830. The highest BCUT2D eigenvalue weighted by Gasteiger charge is 2.10. The summed E-state index contributed by atoms with van der Waals surface area (Å²) in [6.07, 6.45) is 0.582. The predicted molar refractivity (Wildman–Crippen MR) is 64.5 cm³/mol. The molecule has 0 unspecified atom stereocenters. The number of halogens is 1. The van der Waals surface area contributed by atoms with Crippen LogP contribution in [0.4, 0.5) is 0 Å². The average molecular weight is 271 g/mol. The minimum Gasteiger partial charge on any atom is -0.496 e. The van der Waals surface area contributed by atoms with Crippen LogP contribution in [0.2, 0.25) is 0 Å². The Kier molecular flexibility index (Phi) is 4.33. The van der Waals surface area contributed by atoms with Crippen LogP contribution in [0.15, 0.2) is 22.7 Å². The molecule has 1 aromatic rings. The van der Waals surface area contributed by atoms with Crippen LogP contribution in [0.1, 0.15) is 30.6 Å². The van der Waals surface area contributed by atoms with Crippen molar-refractivity contribution < 1.29 is 9.53 Å². The zero-order chi connectivity index (χ0) is 11.4. The van der Waals surface area contributed by atoms with Crippen LogP contribution >= 0.6 is 15.9 Å². The second-order valence-corrected chi connectivity index (χ2v) is 4.72. The number of hydrogen-bond acceptors (Lipinski definition) is 2. The molecule has 15 heavy (non-hydrogen) atoms. The molecule has 0 fully saturated rings. The Morgan fingerprint density at radius 1 is 1.47 bits per heavy atom. The molecule has 0 aromatic heterocycles. The lowest BCUT2D eigenvalue weighted by molar-refractivity contribution is 0.0968. The summed E-state index contributed by atoms with van der Waals surface area (Å²) in [7, 11) is 1.61. The van der Waals surface area contributed by atoms with Gasteiger partial charge in [0.1, 0.15) is 5.75 Å². The van der Waals surface area contributed by atoms with Gasteiger partial charge in [-0.15, -0.1) is 0 Å². The Bertz CT molecular complexity index is 359. The molecule has 0 radical (unpaired) electrons. The molecule has 0 atom stereocenters. The molecule has 1 rings (SSSR count). The third kappa shape index (κ3) is 3.34. The molecule has 0 spiro atoms. The topological polar surface area (TPSA) is 26.3 Å². The number of carbonyl (C=O) groups is 1. The maximum atomic E-state index is 11.7. The molecule has 0 aliphatic heterocycles. The van der Waals surface area contributed by atoms with Crippen molar-refractivity contribution in [1.82, 2.24) is 0 Å². The summed E-state index contributed by atoms with van der Waals surface area (Å²) in [5, 5.41) is 0. The van der Waals surface area contributed by atoms with Crippen LogP contribution in [0.5, 0.6) is 5.75 Å². The first-order valence-electron chi connectivity index (χ1n) is 4.91. The van der Waals surface area contributed by atoms with Gasteiger partial charge in [0.25, 0.3) is 0 Å². The first kappa shape index (κ1) is 12.2. The van der Waals surface area contributed by atoms with Gasteiger partial charge < -0.3 is 4.74 Å². The molecule has 2 nitrogen and oxygen atoms in total. The normalized spacial score (nSPS) is 10.5. The minimum atomic E-state index is 0.174. The van der Waals surface area contributed by atoms with Crippen LogP contribution in [-0.2, 0) is 0 Å². The van der Waals surface area contributed by atoms with Crippen molar-refractivity contribution in [3.8, 4) is 5.75 Å². The lowest BCUT2D eigenvalue weighted by Crippen LogP contribution is -2.03. The third-order valence-corrected chi connectivity index (χ3v) is 2.69. The van der Waals surface area contributed by atoms with Gasteiger partial charge in [0.15, 0.2) is 5.78 Å². The summed E-state index contributed by atoms with van der Waals surface area (Å²) in [4.78, 5) is 11.7. The Morgan fingerprint density at radius 3 is 2.60 bits per heavy atom. The fourth-order valence-corrected chi connectivity index (χ4v) is 1.87. The van der Waals surface area contributed by atoms with E-state index in [0.717, 1.165) is 15.8 Å². The smallest absolute Gasteiger partial charge is 0.163 e. The number of ether oxygens (including phenoxy) is 1. The molecule has 0 heterocycles. The molecule has 0 saturated heterocycles. The molecular formula is C12H15BrO2. The number of ketones is 1. The highest BCUT2D eigenvalue weighted by atomic mass is 79.9. The number of benzene rings is 1. The van der Waals surface area contributed by atoms with E-state index in [1.165, 1.54) is 0 Å². The van der Waals surface area contributed by atoms with Gasteiger partial charge in [-0.1, -0.05) is 13.8 Å². The van der Waals surface area contributed by atoms with Crippen LogP contribution < -0.4 is 4.74 Å². The summed E-state index contributed by atoms with van der Waals surface area (Å²) in [5.41, 5.74) is 0.733. The summed E-state index contributed by atoms with van der Waals surface area (Å²) >= 11 is 3.36. The predicted octanol–water partition coefficient (Wildman–Crippen LogP) is 3.69. The van der Waals surface area contributed by atoms with Crippen LogP contribution in [0.25, 0.3) is 0 Å². The average Bonchev–Trinajstić information content (AvgIpc) is 2.16. The van der Waals surface area contributed by atoms with Gasteiger partial charge in [-0.25, -0.2) is 0 Å². The van der Waals surface area contributed by atoms with E-state index >= 15 is 0 Å². The maximum Gasteiger partial charge on any atom is 0.163 e. The van der Waals surface area contributed by atoms with E-state index in [1.807, 2.05) is 19.9 Å². The van der Waals surface area contributed by atoms with Gasteiger partial charge in [0.05, 0.1) is 11.6 Å². The third-order valence-electron chi connectivity index (χ3n) is 2.07. The summed E-state index contributed by atoms with van der Waals surface area (Å²) in [5.74, 6) is 1.31. The van der Waals surface area contributed by atoms with E-state index in [0.29, 0.717) is 12.3 Å². The molecule has 82 valence electrons. The van der Waals surface area contributed by atoms with Crippen molar-refractivity contribution in [2.75, 3.05) is 7.11 Å². The summed E-state index contributed by atoms with van der Waals surface area (Å²) < 4.78 is 5.92. The van der Waals surface area contributed by atoms with Crippen molar-refractivity contribution in [2.24, 2.45) is 5.92 Å². The van der Waals surface area contributed by atoms with Gasteiger partial charge in [-0.2, -0.15) is 0 Å². The van der Waals surface area contributed by atoms with Gasteiger partial charge in [-0.3, -0.25) is 4.79 Å². The van der Waals surface area contributed by atoms with E-state index in [9.17, 15) is 4.79 Å². The van der Waals surface area contributed by atoms with Crippen molar-refractivity contribution in [3.63, 3.8) is 0 Å². The zero-order valence-corrected chi connectivity index (χ0v) is 10.8. The van der Waals surface area contributed by atoms with Crippen molar-refractivity contribution in [3.05, 3.63) is 28.2 Å². The van der Waals surface area contributed by atoms with E-state index in [-0.39, 0.29) is 5.78 Å². The lowest BCUT2D eigenvalue weighted by atomic mass is 10.0. The number of rotatable bonds is 4. The van der Waals surface area contributed by atoms with Crippen LogP contribution in [0, 0.1) is 5.92 Å². The second-order valence-electron chi connectivity index (χ2n) is 3.87. The molecule has 0 saturated carbocycles. The monoisotopic (exact) mass is 270 g/mol. The van der Waals surface area contributed by atoms with E-state index in [2.05, 4.69) is 15.9 Å². The van der Waals surface area contributed by atoms with Crippen molar-refractivity contribution in [1.29, 1.82) is 0 Å². The molecule has 0 bridgehead atoms. The fourth-order valence-electron chi connectivity index (χ4n) is 1.33. The first-order chi connectivity index (χ1) is 7.04. The second kappa shape index (κ2) is 5.31. The molecule has 0 aliphatic rings. The molecule has 0 aliphatic carbocycles. The Morgan fingerprint density at radius 2 is 2.13 bits per heavy atom. The van der Waals surface area contributed by atoms with Crippen LogP contribution in [-0.4, -0.2) is 12.9 Å². The highest BCUT2D eigenvalue weighted by molar-refractivity contribution is 9.10. The number of hydrogen-bond donors (Lipinski definition) is 0. The van der Waals surface area contributed by atoms with E-state index < -0.39 is 0 Å². The minimum absolute atomic E-state index is 0.174. The Balaban J connectivity index is 2.87. The molecular weight excluding hydrogens is 256 g/mol. The van der Waals surface area contributed by atoms with Crippen LogP contribution in [0.3, 0.4) is 0 Å². The van der Waals surface area contributed by atoms with Gasteiger partial charge in [0.2, 0.25) is 0 Å². The molecule has 0 N–H and O–H groups in total. The zero-order valence-electron chi connectivity index (χ0n) is 9.21. The molecule has 0 amide bonds.